The van der Waals surface area contributed by atoms with E-state index in [-0.39, 0.29) is 30.1 Å². The maximum absolute atomic E-state index is 12.8. The normalized spacial score (nSPS) is 18.2. The number of amides is 1. The van der Waals surface area contributed by atoms with E-state index in [9.17, 15) is 13.2 Å². The summed E-state index contributed by atoms with van der Waals surface area (Å²) >= 11 is 6.04. The van der Waals surface area contributed by atoms with Crippen molar-refractivity contribution in [3.63, 3.8) is 0 Å². The van der Waals surface area contributed by atoms with E-state index in [1.54, 1.807) is 17.0 Å². The molecule has 1 saturated heterocycles. The fourth-order valence-corrected chi connectivity index (χ4v) is 5.08. The molecule has 1 atom stereocenters. The van der Waals surface area contributed by atoms with Gasteiger partial charge in [0.1, 0.15) is 5.75 Å². The highest BCUT2D eigenvalue weighted by Crippen LogP contribution is 2.22. The summed E-state index contributed by atoms with van der Waals surface area (Å²) in [6, 6.07) is 14.3. The van der Waals surface area contributed by atoms with Crippen molar-refractivity contribution in [2.45, 2.75) is 25.9 Å². The summed E-state index contributed by atoms with van der Waals surface area (Å²) in [5, 5.41) is 0.579. The smallest absolute Gasteiger partial charge is 0.261 e. The Labute approximate surface area is 164 Å². The van der Waals surface area contributed by atoms with Gasteiger partial charge in [-0.2, -0.15) is 0 Å². The predicted octanol–water partition coefficient (Wildman–Crippen LogP) is 3.24. The van der Waals surface area contributed by atoms with Crippen molar-refractivity contribution < 1.29 is 17.9 Å². The zero-order chi connectivity index (χ0) is 19.4. The van der Waals surface area contributed by atoms with E-state index in [0.717, 1.165) is 11.1 Å². The monoisotopic (exact) mass is 407 g/mol. The molecule has 1 aliphatic heterocycles. The van der Waals surface area contributed by atoms with Crippen LogP contribution in [-0.4, -0.2) is 43.4 Å². The van der Waals surface area contributed by atoms with Gasteiger partial charge in [-0.3, -0.25) is 4.79 Å². The van der Waals surface area contributed by atoms with E-state index < -0.39 is 9.84 Å². The van der Waals surface area contributed by atoms with Crippen LogP contribution in [0.3, 0.4) is 0 Å². The number of rotatable bonds is 6. The zero-order valence-corrected chi connectivity index (χ0v) is 16.7. The first-order chi connectivity index (χ1) is 12.8. The van der Waals surface area contributed by atoms with Crippen molar-refractivity contribution in [1.29, 1.82) is 0 Å². The molecular weight excluding hydrogens is 386 g/mol. The van der Waals surface area contributed by atoms with Crippen LogP contribution in [0.15, 0.2) is 48.5 Å². The molecular formula is C20H22ClNO4S. The lowest BCUT2D eigenvalue weighted by Crippen LogP contribution is -2.43. The fourth-order valence-electron chi connectivity index (χ4n) is 3.14. The van der Waals surface area contributed by atoms with Crippen LogP contribution in [0.5, 0.6) is 5.75 Å². The van der Waals surface area contributed by atoms with Crippen molar-refractivity contribution in [3.05, 3.63) is 64.7 Å². The number of aryl methyl sites for hydroxylation is 1. The van der Waals surface area contributed by atoms with Gasteiger partial charge in [0.25, 0.3) is 5.91 Å². The van der Waals surface area contributed by atoms with Crippen LogP contribution in [0.25, 0.3) is 0 Å². The molecule has 1 heterocycles. The van der Waals surface area contributed by atoms with Gasteiger partial charge in [-0.1, -0.05) is 41.4 Å². The Bertz CT molecular complexity index is 912. The SMILES string of the molecule is Cc1ccc(OCC(=O)N(Cc2cccc(Cl)c2)[C@@H]2CCS(=O)(=O)C2)cc1. The highest BCUT2D eigenvalue weighted by Gasteiger charge is 2.34. The van der Waals surface area contributed by atoms with Gasteiger partial charge in [-0.05, 0) is 43.2 Å². The van der Waals surface area contributed by atoms with Crippen LogP contribution in [0, 0.1) is 6.92 Å². The Morgan fingerprint density at radius 3 is 2.59 bits per heavy atom. The standard InChI is InChI=1S/C20H22ClNO4S/c1-15-5-7-19(8-6-15)26-13-20(23)22(18-9-10-27(24,25)14-18)12-16-3-2-4-17(21)11-16/h2-8,11,18H,9-10,12-14H2,1H3/t18-/m1/s1. The molecule has 0 spiro atoms. The molecule has 144 valence electrons. The molecule has 1 aliphatic rings. The molecule has 7 heteroatoms. The largest absolute Gasteiger partial charge is 0.484 e. The van der Waals surface area contributed by atoms with Crippen molar-refractivity contribution in [3.8, 4) is 5.75 Å². The molecule has 0 saturated carbocycles. The molecule has 1 amide bonds. The summed E-state index contributed by atoms with van der Waals surface area (Å²) in [6.45, 7) is 2.14. The van der Waals surface area contributed by atoms with Gasteiger partial charge < -0.3 is 9.64 Å². The first kappa shape index (κ1) is 19.7. The number of hydrogen-bond donors (Lipinski definition) is 0. The maximum atomic E-state index is 12.8. The summed E-state index contributed by atoms with van der Waals surface area (Å²) in [5.74, 6) is 0.466. The first-order valence-electron chi connectivity index (χ1n) is 8.76. The Balaban J connectivity index is 1.73. The van der Waals surface area contributed by atoms with E-state index in [0.29, 0.717) is 23.7 Å². The third-order valence-electron chi connectivity index (χ3n) is 4.59. The molecule has 27 heavy (non-hydrogen) atoms. The molecule has 5 nitrogen and oxygen atoms in total. The third kappa shape index (κ3) is 5.47. The summed E-state index contributed by atoms with van der Waals surface area (Å²) in [5.41, 5.74) is 1.96. The number of carbonyl (C=O) groups excluding carboxylic acids is 1. The lowest BCUT2D eigenvalue weighted by Gasteiger charge is -2.28. The number of benzene rings is 2. The van der Waals surface area contributed by atoms with Gasteiger partial charge in [0, 0.05) is 17.6 Å². The van der Waals surface area contributed by atoms with Crippen LogP contribution in [0.2, 0.25) is 5.02 Å². The average Bonchev–Trinajstić information content (AvgIpc) is 2.98. The minimum absolute atomic E-state index is 0.0101. The van der Waals surface area contributed by atoms with Crippen molar-refractivity contribution in [2.75, 3.05) is 18.1 Å². The van der Waals surface area contributed by atoms with Crippen LogP contribution >= 0.6 is 11.6 Å². The first-order valence-corrected chi connectivity index (χ1v) is 11.0. The van der Waals surface area contributed by atoms with Gasteiger partial charge >= 0.3 is 0 Å². The van der Waals surface area contributed by atoms with Gasteiger partial charge in [0.05, 0.1) is 11.5 Å². The molecule has 0 bridgehead atoms. The van der Waals surface area contributed by atoms with Gasteiger partial charge in [-0.15, -0.1) is 0 Å². The minimum atomic E-state index is -3.11. The lowest BCUT2D eigenvalue weighted by atomic mass is 10.1. The average molecular weight is 408 g/mol. The van der Waals surface area contributed by atoms with Crippen molar-refractivity contribution in [2.24, 2.45) is 0 Å². The molecule has 2 aromatic rings. The van der Waals surface area contributed by atoms with Gasteiger partial charge in [0.15, 0.2) is 16.4 Å². The highest BCUT2D eigenvalue weighted by atomic mass is 35.5. The number of hydrogen-bond acceptors (Lipinski definition) is 4. The van der Waals surface area contributed by atoms with E-state index in [4.69, 9.17) is 16.3 Å². The topological polar surface area (TPSA) is 63.7 Å². The van der Waals surface area contributed by atoms with Crippen LogP contribution in [-0.2, 0) is 21.2 Å². The maximum Gasteiger partial charge on any atom is 0.261 e. The lowest BCUT2D eigenvalue weighted by molar-refractivity contribution is -0.136. The predicted molar refractivity (Wildman–Crippen MR) is 106 cm³/mol. The van der Waals surface area contributed by atoms with Crippen molar-refractivity contribution >= 4 is 27.3 Å². The number of carbonyl (C=O) groups is 1. The third-order valence-corrected chi connectivity index (χ3v) is 6.58. The van der Waals surface area contributed by atoms with E-state index in [1.807, 2.05) is 43.3 Å². The Morgan fingerprint density at radius 2 is 1.96 bits per heavy atom. The second-order valence-electron chi connectivity index (χ2n) is 6.81. The second kappa shape index (κ2) is 8.31. The summed E-state index contributed by atoms with van der Waals surface area (Å²) in [4.78, 5) is 14.4. The van der Waals surface area contributed by atoms with E-state index in [1.165, 1.54) is 0 Å². The zero-order valence-electron chi connectivity index (χ0n) is 15.1. The summed E-state index contributed by atoms with van der Waals surface area (Å²) in [7, 11) is -3.11. The number of nitrogens with zero attached hydrogens (tertiary/aromatic N) is 1. The number of halogens is 1. The molecule has 0 aromatic heterocycles. The molecule has 0 aliphatic carbocycles. The van der Waals surface area contributed by atoms with E-state index in [2.05, 4.69) is 0 Å². The molecule has 0 unspecified atom stereocenters. The van der Waals surface area contributed by atoms with Crippen LogP contribution < -0.4 is 4.74 Å². The summed E-state index contributed by atoms with van der Waals surface area (Å²) in [6.07, 6.45) is 0.444. The molecule has 0 N–H and O–H groups in total. The number of ether oxygens (including phenoxy) is 1. The number of sulfone groups is 1. The molecule has 0 radical (unpaired) electrons. The quantitative estimate of drug-likeness (QED) is 0.737. The Morgan fingerprint density at radius 1 is 1.22 bits per heavy atom. The Hall–Kier alpha value is -2.05. The van der Waals surface area contributed by atoms with E-state index >= 15 is 0 Å². The molecule has 1 fully saturated rings. The fraction of sp³-hybridized carbons (Fsp3) is 0.350. The second-order valence-corrected chi connectivity index (χ2v) is 9.48. The van der Waals surface area contributed by atoms with Crippen molar-refractivity contribution in [1.82, 2.24) is 4.90 Å². The minimum Gasteiger partial charge on any atom is -0.484 e. The van der Waals surface area contributed by atoms with Gasteiger partial charge in [0.2, 0.25) is 0 Å². The highest BCUT2D eigenvalue weighted by molar-refractivity contribution is 7.91. The molecule has 3 rings (SSSR count). The van der Waals surface area contributed by atoms with Crippen LogP contribution in [0.4, 0.5) is 0 Å². The summed E-state index contributed by atoms with van der Waals surface area (Å²) < 4.78 is 29.4. The Kier molecular flexibility index (Phi) is 6.07. The molecule has 2 aromatic carbocycles. The van der Waals surface area contributed by atoms with Crippen LogP contribution in [0.1, 0.15) is 17.5 Å². The van der Waals surface area contributed by atoms with Gasteiger partial charge in [-0.25, -0.2) is 8.42 Å².